The zero-order chi connectivity index (χ0) is 19.2. The predicted octanol–water partition coefficient (Wildman–Crippen LogP) is 5.17. The molecule has 0 aliphatic carbocycles. The summed E-state index contributed by atoms with van der Waals surface area (Å²) in [7, 11) is 1.48. The van der Waals surface area contributed by atoms with Gasteiger partial charge in [0.15, 0.2) is 0 Å². The predicted molar refractivity (Wildman–Crippen MR) is 109 cm³/mol. The molecule has 1 unspecified atom stereocenters. The maximum absolute atomic E-state index is 12.5. The minimum Gasteiger partial charge on any atom is -0.480 e. The van der Waals surface area contributed by atoms with Gasteiger partial charge in [0.1, 0.15) is 5.56 Å². The van der Waals surface area contributed by atoms with E-state index in [0.717, 1.165) is 11.3 Å². The summed E-state index contributed by atoms with van der Waals surface area (Å²) in [6.07, 6.45) is 1.57. The molecule has 3 rings (SSSR count). The molecular formula is C21H20ClN3O2. The van der Waals surface area contributed by atoms with Gasteiger partial charge in [-0.1, -0.05) is 41.9 Å². The van der Waals surface area contributed by atoms with E-state index in [4.69, 9.17) is 16.3 Å². The summed E-state index contributed by atoms with van der Waals surface area (Å²) in [6.45, 7) is 2.07. The van der Waals surface area contributed by atoms with E-state index in [1.165, 1.54) is 7.11 Å². The van der Waals surface area contributed by atoms with Crippen molar-refractivity contribution < 1.29 is 9.53 Å². The fourth-order valence-electron chi connectivity index (χ4n) is 2.69. The van der Waals surface area contributed by atoms with Crippen molar-refractivity contribution in [3.63, 3.8) is 0 Å². The van der Waals surface area contributed by atoms with Gasteiger partial charge >= 0.3 is 0 Å². The molecule has 5 nitrogen and oxygen atoms in total. The van der Waals surface area contributed by atoms with E-state index in [2.05, 4.69) is 34.7 Å². The number of rotatable bonds is 6. The molecule has 138 valence electrons. The lowest BCUT2D eigenvalue weighted by Crippen LogP contribution is -2.14. The van der Waals surface area contributed by atoms with E-state index in [0.29, 0.717) is 16.3 Å². The number of aromatic nitrogens is 1. The van der Waals surface area contributed by atoms with E-state index < -0.39 is 0 Å². The van der Waals surface area contributed by atoms with Crippen molar-refractivity contribution in [1.82, 2.24) is 4.98 Å². The molecule has 1 heterocycles. The average molecular weight is 382 g/mol. The van der Waals surface area contributed by atoms with Gasteiger partial charge in [0.05, 0.1) is 17.8 Å². The van der Waals surface area contributed by atoms with Crippen LogP contribution in [-0.2, 0) is 0 Å². The highest BCUT2D eigenvalue weighted by Crippen LogP contribution is 2.29. The van der Waals surface area contributed by atoms with Gasteiger partial charge in [-0.3, -0.25) is 4.79 Å². The quantitative estimate of drug-likeness (QED) is 0.618. The van der Waals surface area contributed by atoms with Crippen molar-refractivity contribution in [2.45, 2.75) is 13.0 Å². The topological polar surface area (TPSA) is 63.2 Å². The van der Waals surface area contributed by atoms with E-state index >= 15 is 0 Å². The minimum atomic E-state index is -0.311. The van der Waals surface area contributed by atoms with Gasteiger partial charge in [-0.25, -0.2) is 4.98 Å². The number of carbonyl (C=O) groups excluding carboxylic acids is 1. The van der Waals surface area contributed by atoms with Crippen molar-refractivity contribution in [1.29, 1.82) is 0 Å². The number of methoxy groups -OCH3 is 1. The zero-order valence-corrected chi connectivity index (χ0v) is 15.8. The number of ether oxygens (including phenoxy) is 1. The fraction of sp³-hybridized carbons (Fsp3) is 0.143. The second-order valence-electron chi connectivity index (χ2n) is 5.99. The molecule has 0 aliphatic rings. The summed E-state index contributed by atoms with van der Waals surface area (Å²) in [5.41, 5.74) is 2.91. The summed E-state index contributed by atoms with van der Waals surface area (Å²) in [6, 6.07) is 18.9. The number of anilines is 2. The number of pyridine rings is 1. The number of carbonyl (C=O) groups is 1. The standard InChI is InChI=1S/C21H20ClN3O2/c1-14(15-7-4-3-5-8-15)24-19-11-10-16(13-18(19)22)25-20(26)17-9-6-12-23-21(17)27-2/h3-14,24H,1-2H3,(H,25,26). The van der Waals surface area contributed by atoms with Crippen LogP contribution in [0.2, 0.25) is 5.02 Å². The van der Waals surface area contributed by atoms with Crippen molar-refractivity contribution in [2.75, 3.05) is 17.7 Å². The van der Waals surface area contributed by atoms with Crippen molar-refractivity contribution >= 4 is 28.9 Å². The lowest BCUT2D eigenvalue weighted by atomic mass is 10.1. The van der Waals surface area contributed by atoms with E-state index in [-0.39, 0.29) is 17.8 Å². The number of hydrogen-bond donors (Lipinski definition) is 2. The maximum atomic E-state index is 12.5. The largest absolute Gasteiger partial charge is 0.480 e. The second kappa shape index (κ2) is 8.56. The van der Waals surface area contributed by atoms with Crippen LogP contribution >= 0.6 is 11.6 Å². The van der Waals surface area contributed by atoms with Crippen molar-refractivity contribution in [2.24, 2.45) is 0 Å². The number of nitrogens with zero attached hydrogens (tertiary/aromatic N) is 1. The van der Waals surface area contributed by atoms with Crippen molar-refractivity contribution in [3.8, 4) is 5.88 Å². The van der Waals surface area contributed by atoms with Crippen LogP contribution in [0.5, 0.6) is 5.88 Å². The summed E-state index contributed by atoms with van der Waals surface area (Å²) in [5.74, 6) is -0.0366. The van der Waals surface area contributed by atoms with Gasteiger partial charge in [-0.15, -0.1) is 0 Å². The Morgan fingerprint density at radius 3 is 2.59 bits per heavy atom. The lowest BCUT2D eigenvalue weighted by Gasteiger charge is -2.17. The van der Waals surface area contributed by atoms with Crippen molar-refractivity contribution in [3.05, 3.63) is 83.0 Å². The number of amides is 1. The highest BCUT2D eigenvalue weighted by molar-refractivity contribution is 6.33. The second-order valence-corrected chi connectivity index (χ2v) is 6.39. The van der Waals surface area contributed by atoms with Gasteiger partial charge in [0.2, 0.25) is 5.88 Å². The average Bonchev–Trinajstić information content (AvgIpc) is 2.70. The summed E-state index contributed by atoms with van der Waals surface area (Å²) in [4.78, 5) is 16.5. The van der Waals surface area contributed by atoms with Gasteiger partial charge in [0, 0.05) is 17.9 Å². The Morgan fingerprint density at radius 1 is 1.11 bits per heavy atom. The normalized spacial score (nSPS) is 11.5. The summed E-state index contributed by atoms with van der Waals surface area (Å²) in [5, 5.41) is 6.72. The maximum Gasteiger partial charge on any atom is 0.261 e. The highest BCUT2D eigenvalue weighted by atomic mass is 35.5. The molecule has 0 fully saturated rings. The first kappa shape index (κ1) is 18.7. The molecule has 27 heavy (non-hydrogen) atoms. The van der Waals surface area contributed by atoms with Crippen LogP contribution in [-0.4, -0.2) is 18.0 Å². The van der Waals surface area contributed by atoms with Crippen LogP contribution in [0.3, 0.4) is 0 Å². The third-order valence-electron chi connectivity index (χ3n) is 4.11. The molecule has 0 spiro atoms. The van der Waals surface area contributed by atoms with E-state index in [1.807, 2.05) is 24.3 Å². The molecule has 2 aromatic carbocycles. The molecule has 1 atom stereocenters. The Bertz CT molecular complexity index is 932. The number of hydrogen-bond acceptors (Lipinski definition) is 4. The van der Waals surface area contributed by atoms with Crippen LogP contribution in [0.1, 0.15) is 28.9 Å². The van der Waals surface area contributed by atoms with Gasteiger partial charge in [-0.05, 0) is 42.8 Å². The highest BCUT2D eigenvalue weighted by Gasteiger charge is 2.14. The first-order valence-corrected chi connectivity index (χ1v) is 8.87. The molecule has 2 N–H and O–H groups in total. The van der Waals surface area contributed by atoms with Crippen LogP contribution in [0, 0.1) is 0 Å². The monoisotopic (exact) mass is 381 g/mol. The Labute approximate surface area is 163 Å². The van der Waals surface area contributed by atoms with Crippen LogP contribution in [0.15, 0.2) is 66.9 Å². The molecule has 1 aromatic heterocycles. The summed E-state index contributed by atoms with van der Waals surface area (Å²) >= 11 is 6.40. The van der Waals surface area contributed by atoms with Crippen LogP contribution < -0.4 is 15.4 Å². The summed E-state index contributed by atoms with van der Waals surface area (Å²) < 4.78 is 5.12. The minimum absolute atomic E-state index is 0.101. The SMILES string of the molecule is COc1ncccc1C(=O)Nc1ccc(NC(C)c2ccccc2)c(Cl)c1. The molecule has 0 saturated heterocycles. The Morgan fingerprint density at radius 2 is 1.89 bits per heavy atom. The lowest BCUT2D eigenvalue weighted by molar-refractivity contribution is 0.102. The van der Waals surface area contributed by atoms with E-state index in [1.54, 1.807) is 30.5 Å². The van der Waals surface area contributed by atoms with E-state index in [9.17, 15) is 4.79 Å². The number of nitrogens with one attached hydrogen (secondary N) is 2. The first-order valence-electron chi connectivity index (χ1n) is 8.50. The Hall–Kier alpha value is -3.05. The first-order chi connectivity index (χ1) is 13.1. The van der Waals surface area contributed by atoms with Crippen LogP contribution in [0.4, 0.5) is 11.4 Å². The molecule has 0 bridgehead atoms. The smallest absolute Gasteiger partial charge is 0.261 e. The van der Waals surface area contributed by atoms with Gasteiger partial charge in [0.25, 0.3) is 5.91 Å². The third kappa shape index (κ3) is 4.57. The Kier molecular flexibility index (Phi) is 5.94. The zero-order valence-electron chi connectivity index (χ0n) is 15.1. The molecule has 3 aromatic rings. The molecule has 1 amide bonds. The van der Waals surface area contributed by atoms with Crippen LogP contribution in [0.25, 0.3) is 0 Å². The molecule has 0 radical (unpaired) electrons. The fourth-order valence-corrected chi connectivity index (χ4v) is 2.93. The Balaban J connectivity index is 1.72. The third-order valence-corrected chi connectivity index (χ3v) is 4.42. The number of benzene rings is 2. The molecule has 6 heteroatoms. The van der Waals surface area contributed by atoms with Gasteiger partial charge in [-0.2, -0.15) is 0 Å². The molecule has 0 aliphatic heterocycles. The number of halogens is 1. The van der Waals surface area contributed by atoms with Gasteiger partial charge < -0.3 is 15.4 Å². The molecular weight excluding hydrogens is 362 g/mol. The molecule has 0 saturated carbocycles.